The van der Waals surface area contributed by atoms with Crippen molar-refractivity contribution in [3.8, 4) is 5.88 Å². The van der Waals surface area contributed by atoms with Gasteiger partial charge in [0.2, 0.25) is 11.8 Å². The quantitative estimate of drug-likeness (QED) is 0.309. The summed E-state index contributed by atoms with van der Waals surface area (Å²) in [6.45, 7) is 4.86. The second kappa shape index (κ2) is 8.39. The average Bonchev–Trinajstić information content (AvgIpc) is 2.87. The molecule has 8 heteroatoms. The Morgan fingerprint density at radius 1 is 1.28 bits per heavy atom. The molecule has 0 unspecified atom stereocenters. The largest absolute Gasteiger partial charge is 0.493 e. The molecule has 1 aromatic heterocycles. The van der Waals surface area contributed by atoms with E-state index >= 15 is 0 Å². The summed E-state index contributed by atoms with van der Waals surface area (Å²) in [7, 11) is 0. The number of aromatic hydroxyl groups is 1. The summed E-state index contributed by atoms with van der Waals surface area (Å²) >= 11 is 0. The number of nitrogens with two attached hydrogens (primary N) is 1. The van der Waals surface area contributed by atoms with Crippen LogP contribution in [-0.2, 0) is 16.1 Å². The minimum atomic E-state index is -0.554. The third-order valence-electron chi connectivity index (χ3n) is 3.84. The lowest BCUT2D eigenvalue weighted by atomic mass is 10.1. The summed E-state index contributed by atoms with van der Waals surface area (Å²) in [5, 5.41) is 18.8. The molecule has 0 fully saturated rings. The number of aromatic nitrogens is 1. The predicted octanol–water partition coefficient (Wildman–Crippen LogP) is 2.77. The molecule has 2 amide bonds. The summed E-state index contributed by atoms with van der Waals surface area (Å²) < 4.78 is 1.77. The van der Waals surface area contributed by atoms with Crippen LogP contribution in [0.25, 0.3) is 10.9 Å². The van der Waals surface area contributed by atoms with Crippen molar-refractivity contribution in [3.05, 3.63) is 24.3 Å². The maximum Gasteiger partial charge on any atom is 0.265 e. The summed E-state index contributed by atoms with van der Waals surface area (Å²) in [6, 6.07) is 7.43. The monoisotopic (exact) mass is 345 g/mol. The van der Waals surface area contributed by atoms with Gasteiger partial charge in [-0.1, -0.05) is 32.0 Å². The van der Waals surface area contributed by atoms with Gasteiger partial charge in [-0.15, -0.1) is 10.2 Å². The molecular formula is C17H23N5O3. The fourth-order valence-corrected chi connectivity index (χ4v) is 2.43. The zero-order valence-electron chi connectivity index (χ0n) is 14.4. The second-order valence-electron chi connectivity index (χ2n) is 6.18. The number of amides is 2. The van der Waals surface area contributed by atoms with Crippen molar-refractivity contribution in [1.82, 2.24) is 9.99 Å². The van der Waals surface area contributed by atoms with E-state index < -0.39 is 11.8 Å². The number of rotatable bonds is 7. The number of azo groups is 1. The van der Waals surface area contributed by atoms with Crippen molar-refractivity contribution in [2.45, 2.75) is 39.7 Å². The van der Waals surface area contributed by atoms with Crippen LogP contribution in [0, 0.1) is 5.92 Å². The lowest BCUT2D eigenvalue weighted by Crippen LogP contribution is -2.30. The Balaban J connectivity index is 2.25. The predicted molar refractivity (Wildman–Crippen MR) is 94.1 cm³/mol. The van der Waals surface area contributed by atoms with Gasteiger partial charge < -0.3 is 9.67 Å². The molecule has 0 aliphatic rings. The van der Waals surface area contributed by atoms with E-state index in [0.717, 1.165) is 17.3 Å². The molecule has 0 aliphatic heterocycles. The van der Waals surface area contributed by atoms with Gasteiger partial charge in [0.05, 0.1) is 5.52 Å². The Bertz CT molecular complexity index is 795. The highest BCUT2D eigenvalue weighted by Crippen LogP contribution is 2.39. The number of fused-ring (bicyclic) bond motifs is 1. The summed E-state index contributed by atoms with van der Waals surface area (Å²) in [6.07, 6.45) is 0.742. The van der Waals surface area contributed by atoms with Crippen molar-refractivity contribution in [1.29, 1.82) is 0 Å². The van der Waals surface area contributed by atoms with E-state index in [1.54, 1.807) is 4.57 Å². The van der Waals surface area contributed by atoms with E-state index in [9.17, 15) is 14.7 Å². The van der Waals surface area contributed by atoms with Crippen LogP contribution in [0.1, 0.15) is 33.1 Å². The molecule has 0 spiro atoms. The van der Waals surface area contributed by atoms with Crippen LogP contribution in [0.2, 0.25) is 0 Å². The van der Waals surface area contributed by atoms with Crippen LogP contribution >= 0.6 is 0 Å². The van der Waals surface area contributed by atoms with Crippen LogP contribution in [0.5, 0.6) is 5.88 Å². The lowest BCUT2D eigenvalue weighted by molar-refractivity contribution is -0.125. The fraction of sp³-hybridized carbons (Fsp3) is 0.412. The van der Waals surface area contributed by atoms with E-state index in [4.69, 9.17) is 5.84 Å². The van der Waals surface area contributed by atoms with Gasteiger partial charge in [-0.2, -0.15) is 0 Å². The van der Waals surface area contributed by atoms with Crippen LogP contribution in [0.15, 0.2) is 34.5 Å². The van der Waals surface area contributed by atoms with Gasteiger partial charge in [-0.25, -0.2) is 5.84 Å². The van der Waals surface area contributed by atoms with E-state index in [1.807, 2.05) is 29.7 Å². The number of nitrogens with one attached hydrogen (secondary N) is 1. The van der Waals surface area contributed by atoms with Gasteiger partial charge in [0, 0.05) is 24.8 Å². The number of nitrogens with zero attached hydrogens (tertiary/aromatic N) is 3. The maximum absolute atomic E-state index is 11.7. The normalized spacial score (nSPS) is 11.5. The standard InChI is InChI=1S/C17H23N5O3/c1-11(2)9-10-22-13-6-4-3-5-12(13)16(17(22)25)21-20-15(24)8-7-14(23)19-18/h3-6,11,25H,7-10,18H2,1-2H3,(H,19,23). The van der Waals surface area contributed by atoms with Gasteiger partial charge in [0.15, 0.2) is 5.69 Å². The van der Waals surface area contributed by atoms with Gasteiger partial charge in [0.25, 0.3) is 5.91 Å². The summed E-state index contributed by atoms with van der Waals surface area (Å²) in [4.78, 5) is 22.8. The van der Waals surface area contributed by atoms with Gasteiger partial charge in [-0.3, -0.25) is 15.0 Å². The molecule has 2 aromatic rings. The molecule has 134 valence electrons. The Labute approximate surface area is 145 Å². The molecule has 1 aromatic carbocycles. The molecule has 1 heterocycles. The Morgan fingerprint density at radius 3 is 2.68 bits per heavy atom. The number of hydrazine groups is 1. The lowest BCUT2D eigenvalue weighted by Gasteiger charge is -2.08. The van der Waals surface area contributed by atoms with Crippen LogP contribution in [-0.4, -0.2) is 21.5 Å². The fourth-order valence-electron chi connectivity index (χ4n) is 2.43. The Hall–Kier alpha value is -2.74. The first-order chi connectivity index (χ1) is 11.9. The minimum absolute atomic E-state index is 0.0156. The summed E-state index contributed by atoms with van der Waals surface area (Å²) in [5.41, 5.74) is 3.04. The van der Waals surface area contributed by atoms with Crippen LogP contribution in [0.3, 0.4) is 0 Å². The highest BCUT2D eigenvalue weighted by molar-refractivity contribution is 5.95. The SMILES string of the molecule is CC(C)CCn1c(O)c(N=NC(=O)CCC(=O)NN)c2ccccc21. The van der Waals surface area contributed by atoms with Crippen LogP contribution in [0.4, 0.5) is 5.69 Å². The third kappa shape index (κ3) is 4.63. The van der Waals surface area contributed by atoms with Crippen molar-refractivity contribution >= 4 is 28.4 Å². The highest BCUT2D eigenvalue weighted by atomic mass is 16.3. The van der Waals surface area contributed by atoms with Gasteiger partial charge in [-0.05, 0) is 18.4 Å². The summed E-state index contributed by atoms with van der Waals surface area (Å²) in [5.74, 6) is 4.43. The van der Waals surface area contributed by atoms with Gasteiger partial charge in [0.1, 0.15) is 0 Å². The van der Waals surface area contributed by atoms with E-state index in [2.05, 4.69) is 24.1 Å². The van der Waals surface area contributed by atoms with E-state index in [0.29, 0.717) is 12.5 Å². The van der Waals surface area contributed by atoms with Crippen molar-refractivity contribution in [2.75, 3.05) is 0 Å². The molecule has 0 aliphatic carbocycles. The first-order valence-electron chi connectivity index (χ1n) is 8.18. The van der Waals surface area contributed by atoms with Crippen molar-refractivity contribution < 1.29 is 14.7 Å². The molecule has 0 saturated heterocycles. The first-order valence-corrected chi connectivity index (χ1v) is 8.18. The molecule has 8 nitrogen and oxygen atoms in total. The molecule has 4 N–H and O–H groups in total. The highest BCUT2D eigenvalue weighted by Gasteiger charge is 2.17. The topological polar surface area (TPSA) is 122 Å². The molecule has 0 atom stereocenters. The van der Waals surface area contributed by atoms with E-state index in [-0.39, 0.29) is 24.4 Å². The maximum atomic E-state index is 11.7. The van der Waals surface area contributed by atoms with Crippen molar-refractivity contribution in [3.63, 3.8) is 0 Å². The number of carbonyl (C=O) groups excluding carboxylic acids is 2. The number of hydrogen-bond acceptors (Lipinski definition) is 5. The molecular weight excluding hydrogens is 322 g/mol. The Kier molecular flexibility index (Phi) is 6.24. The van der Waals surface area contributed by atoms with E-state index in [1.165, 1.54) is 0 Å². The zero-order chi connectivity index (χ0) is 18.4. The third-order valence-corrected chi connectivity index (χ3v) is 3.84. The smallest absolute Gasteiger partial charge is 0.265 e. The number of hydrogen-bond donors (Lipinski definition) is 3. The zero-order valence-corrected chi connectivity index (χ0v) is 14.4. The molecule has 2 rings (SSSR count). The molecule has 25 heavy (non-hydrogen) atoms. The number of para-hydroxylation sites is 1. The molecule has 0 radical (unpaired) electrons. The Morgan fingerprint density at radius 2 is 2.00 bits per heavy atom. The van der Waals surface area contributed by atoms with Crippen molar-refractivity contribution in [2.24, 2.45) is 22.0 Å². The first kappa shape index (κ1) is 18.6. The minimum Gasteiger partial charge on any atom is -0.493 e. The number of carbonyl (C=O) groups is 2. The molecule has 0 bridgehead atoms. The number of aryl methyl sites for hydroxylation is 1. The average molecular weight is 345 g/mol. The second-order valence-corrected chi connectivity index (χ2v) is 6.18. The molecule has 0 saturated carbocycles. The van der Waals surface area contributed by atoms with Gasteiger partial charge >= 0.3 is 0 Å². The van der Waals surface area contributed by atoms with Crippen LogP contribution < -0.4 is 11.3 Å². The number of benzene rings is 1.